The van der Waals surface area contributed by atoms with Crippen molar-refractivity contribution in [3.63, 3.8) is 0 Å². The maximum absolute atomic E-state index is 6.14. The van der Waals surface area contributed by atoms with Gasteiger partial charge in [-0.3, -0.25) is 4.99 Å². The number of nitrogens with zero attached hydrogens (tertiary/aromatic N) is 1. The van der Waals surface area contributed by atoms with Crippen LogP contribution in [0.2, 0.25) is 5.02 Å². The molecule has 1 aliphatic rings. The van der Waals surface area contributed by atoms with Crippen molar-refractivity contribution < 1.29 is 0 Å². The molecule has 1 aromatic carbocycles. The fourth-order valence-electron chi connectivity index (χ4n) is 1.50. The third-order valence-corrected chi connectivity index (χ3v) is 3.39. The van der Waals surface area contributed by atoms with Gasteiger partial charge in [-0.25, -0.2) is 0 Å². The smallest absolute Gasteiger partial charge is 0.191 e. The Labute approximate surface area is 114 Å². The zero-order chi connectivity index (χ0) is 11.5. The Hall–Kier alpha value is -0.490. The molecule has 0 aromatic heterocycles. The lowest BCUT2D eigenvalue weighted by atomic mass is 10.2. The Kier molecular flexibility index (Phi) is 3.91. The van der Waals surface area contributed by atoms with E-state index in [1.807, 2.05) is 12.1 Å². The summed E-state index contributed by atoms with van der Waals surface area (Å²) in [5.41, 5.74) is 1.09. The fourth-order valence-corrected chi connectivity index (χ4v) is 2.43. The van der Waals surface area contributed by atoms with E-state index < -0.39 is 0 Å². The van der Waals surface area contributed by atoms with Crippen molar-refractivity contribution in [1.82, 2.24) is 10.6 Å². The van der Waals surface area contributed by atoms with Crippen LogP contribution < -0.4 is 10.6 Å². The normalized spacial score (nSPS) is 19.2. The molecule has 1 unspecified atom stereocenters. The topological polar surface area (TPSA) is 36.4 Å². The average Bonchev–Trinajstić information content (AvgIpc) is 2.63. The van der Waals surface area contributed by atoms with Gasteiger partial charge in [-0.1, -0.05) is 17.7 Å². The lowest BCUT2D eigenvalue weighted by Gasteiger charge is -2.10. The van der Waals surface area contributed by atoms with Crippen molar-refractivity contribution in [2.24, 2.45) is 4.99 Å². The van der Waals surface area contributed by atoms with Gasteiger partial charge in [-0.2, -0.15) is 0 Å². The SMILES string of the molecule is CC1CN=C(NCc2ccc(I)cc2Cl)N1. The number of hydrogen-bond acceptors (Lipinski definition) is 3. The van der Waals surface area contributed by atoms with Gasteiger partial charge < -0.3 is 10.6 Å². The van der Waals surface area contributed by atoms with Crippen molar-refractivity contribution >= 4 is 40.2 Å². The summed E-state index contributed by atoms with van der Waals surface area (Å²) in [6.07, 6.45) is 0. The third kappa shape index (κ3) is 3.01. The molecule has 0 radical (unpaired) electrons. The van der Waals surface area contributed by atoms with E-state index >= 15 is 0 Å². The second kappa shape index (κ2) is 5.23. The van der Waals surface area contributed by atoms with Crippen LogP contribution in [0.25, 0.3) is 0 Å². The molecule has 0 saturated carbocycles. The van der Waals surface area contributed by atoms with E-state index in [-0.39, 0.29) is 0 Å². The first-order valence-corrected chi connectivity index (χ1v) is 6.59. The van der Waals surface area contributed by atoms with Crippen molar-refractivity contribution in [2.75, 3.05) is 6.54 Å². The maximum Gasteiger partial charge on any atom is 0.191 e. The first-order valence-electron chi connectivity index (χ1n) is 5.14. The van der Waals surface area contributed by atoms with Crippen molar-refractivity contribution in [2.45, 2.75) is 19.5 Å². The second-order valence-corrected chi connectivity index (χ2v) is 5.48. The molecular formula is C11H13ClIN3. The van der Waals surface area contributed by atoms with E-state index in [1.54, 1.807) is 0 Å². The molecule has 1 aromatic rings. The third-order valence-electron chi connectivity index (χ3n) is 2.37. The van der Waals surface area contributed by atoms with E-state index in [2.05, 4.69) is 51.2 Å². The highest BCUT2D eigenvalue weighted by molar-refractivity contribution is 14.1. The lowest BCUT2D eigenvalue weighted by molar-refractivity contribution is 0.713. The Bertz CT molecular complexity index is 420. The van der Waals surface area contributed by atoms with Gasteiger partial charge in [0.1, 0.15) is 0 Å². The maximum atomic E-state index is 6.14. The molecule has 1 atom stereocenters. The molecule has 0 aliphatic carbocycles. The predicted molar refractivity (Wildman–Crippen MR) is 75.9 cm³/mol. The van der Waals surface area contributed by atoms with Crippen molar-refractivity contribution in [3.05, 3.63) is 32.4 Å². The van der Waals surface area contributed by atoms with Crippen molar-refractivity contribution in [1.29, 1.82) is 0 Å². The monoisotopic (exact) mass is 349 g/mol. The molecule has 0 amide bonds. The Morgan fingerprint density at radius 2 is 2.44 bits per heavy atom. The van der Waals surface area contributed by atoms with Gasteiger partial charge in [0.15, 0.2) is 5.96 Å². The molecule has 0 fully saturated rings. The molecule has 5 heteroatoms. The Morgan fingerprint density at radius 1 is 1.62 bits per heavy atom. The summed E-state index contributed by atoms with van der Waals surface area (Å²) < 4.78 is 1.15. The highest BCUT2D eigenvalue weighted by atomic mass is 127. The average molecular weight is 350 g/mol. The molecular weight excluding hydrogens is 336 g/mol. The fraction of sp³-hybridized carbons (Fsp3) is 0.364. The van der Waals surface area contributed by atoms with Crippen LogP contribution in [0.3, 0.4) is 0 Å². The van der Waals surface area contributed by atoms with Gasteiger partial charge in [-0.15, -0.1) is 0 Å². The van der Waals surface area contributed by atoms with Gasteiger partial charge in [0.25, 0.3) is 0 Å². The molecule has 0 spiro atoms. The Morgan fingerprint density at radius 3 is 3.06 bits per heavy atom. The van der Waals surface area contributed by atoms with Gasteiger partial charge in [0.2, 0.25) is 0 Å². The van der Waals surface area contributed by atoms with Crippen molar-refractivity contribution in [3.8, 4) is 0 Å². The first-order chi connectivity index (χ1) is 7.65. The number of hydrogen-bond donors (Lipinski definition) is 2. The summed E-state index contributed by atoms with van der Waals surface area (Å²) in [6.45, 7) is 3.65. The molecule has 2 rings (SSSR count). The van der Waals surface area contributed by atoms with Crippen LogP contribution in [0.15, 0.2) is 23.2 Å². The Balaban J connectivity index is 1.95. The van der Waals surface area contributed by atoms with E-state index in [9.17, 15) is 0 Å². The quantitative estimate of drug-likeness (QED) is 0.804. The minimum Gasteiger partial charge on any atom is -0.352 e. The van der Waals surface area contributed by atoms with Crippen LogP contribution in [0.1, 0.15) is 12.5 Å². The van der Waals surface area contributed by atoms with Crippen LogP contribution in [-0.2, 0) is 6.54 Å². The lowest BCUT2D eigenvalue weighted by Crippen LogP contribution is -2.37. The van der Waals surface area contributed by atoms with Gasteiger partial charge in [-0.05, 0) is 47.2 Å². The van der Waals surface area contributed by atoms with Gasteiger partial charge >= 0.3 is 0 Å². The van der Waals surface area contributed by atoms with E-state index in [0.29, 0.717) is 12.6 Å². The summed E-state index contributed by atoms with van der Waals surface area (Å²) in [4.78, 5) is 4.33. The van der Waals surface area contributed by atoms with Crippen LogP contribution in [-0.4, -0.2) is 18.5 Å². The second-order valence-electron chi connectivity index (χ2n) is 3.82. The highest BCUT2D eigenvalue weighted by Gasteiger charge is 2.11. The number of aliphatic imine (C=N–C) groups is 1. The van der Waals surface area contributed by atoms with E-state index in [0.717, 1.165) is 26.7 Å². The number of rotatable bonds is 2. The largest absolute Gasteiger partial charge is 0.352 e. The molecule has 0 saturated heterocycles. The van der Waals surface area contributed by atoms with E-state index in [1.165, 1.54) is 0 Å². The molecule has 1 aliphatic heterocycles. The predicted octanol–water partition coefficient (Wildman–Crippen LogP) is 2.38. The molecule has 3 nitrogen and oxygen atoms in total. The number of guanidine groups is 1. The number of halogens is 2. The number of nitrogens with one attached hydrogen (secondary N) is 2. The van der Waals surface area contributed by atoms with Crippen LogP contribution in [0.4, 0.5) is 0 Å². The molecule has 1 heterocycles. The zero-order valence-electron chi connectivity index (χ0n) is 8.93. The molecule has 16 heavy (non-hydrogen) atoms. The minimum absolute atomic E-state index is 0.426. The molecule has 86 valence electrons. The van der Waals surface area contributed by atoms with E-state index in [4.69, 9.17) is 11.6 Å². The zero-order valence-corrected chi connectivity index (χ0v) is 11.8. The summed E-state index contributed by atoms with van der Waals surface area (Å²) >= 11 is 8.39. The number of benzene rings is 1. The summed E-state index contributed by atoms with van der Waals surface area (Å²) in [6, 6.07) is 6.48. The molecule has 0 bridgehead atoms. The van der Waals surface area contributed by atoms with Crippen LogP contribution in [0.5, 0.6) is 0 Å². The summed E-state index contributed by atoms with van der Waals surface area (Å²) in [7, 11) is 0. The van der Waals surface area contributed by atoms with Gasteiger partial charge in [0.05, 0.1) is 6.54 Å². The summed E-state index contributed by atoms with van der Waals surface area (Å²) in [5, 5.41) is 7.29. The summed E-state index contributed by atoms with van der Waals surface area (Å²) in [5.74, 6) is 0.863. The first kappa shape index (κ1) is 12.0. The van der Waals surface area contributed by atoms with Gasteiger partial charge in [0, 0.05) is 21.2 Å². The highest BCUT2D eigenvalue weighted by Crippen LogP contribution is 2.18. The molecule has 2 N–H and O–H groups in total. The minimum atomic E-state index is 0.426. The van der Waals surface area contributed by atoms with Crippen LogP contribution >= 0.6 is 34.2 Å². The van der Waals surface area contributed by atoms with Crippen LogP contribution in [0, 0.1) is 3.57 Å². The standard InChI is InChI=1S/C11H13ClIN3/c1-7-5-14-11(16-7)15-6-8-2-3-9(13)4-10(8)12/h2-4,7H,5-6H2,1H3,(H2,14,15,16).